The zero-order valence-electron chi connectivity index (χ0n) is 16.8. The summed E-state index contributed by atoms with van der Waals surface area (Å²) in [7, 11) is 3.60. The highest BCUT2D eigenvalue weighted by molar-refractivity contribution is 5.87. The highest BCUT2D eigenvalue weighted by Crippen LogP contribution is 2.44. The quantitative estimate of drug-likeness (QED) is 0.851. The molecule has 1 aromatic rings. The number of nitrogens with one attached hydrogen (secondary N) is 1. The summed E-state index contributed by atoms with van der Waals surface area (Å²) in [5, 5.41) is 3.18. The first-order chi connectivity index (χ1) is 13.5. The van der Waals surface area contributed by atoms with Crippen molar-refractivity contribution in [2.45, 2.75) is 50.6 Å². The molecule has 1 saturated carbocycles. The van der Waals surface area contributed by atoms with Gasteiger partial charge in [-0.1, -0.05) is 12.8 Å². The van der Waals surface area contributed by atoms with Gasteiger partial charge in [0.25, 0.3) is 0 Å². The Hall–Kier alpha value is -2.38. The number of hydrogen-bond donors (Lipinski definition) is 1. The Labute approximate surface area is 166 Å². The zero-order chi connectivity index (χ0) is 19.7. The van der Waals surface area contributed by atoms with Gasteiger partial charge in [-0.15, -0.1) is 0 Å². The zero-order valence-corrected chi connectivity index (χ0v) is 16.8. The van der Waals surface area contributed by atoms with E-state index in [0.29, 0.717) is 19.0 Å². The molecule has 8 heteroatoms. The molecule has 0 aromatic carbocycles. The SMILES string of the molecule is CN(C)C(=O)[C@@]12CCCN(c3ncccn3)[C@@H]1CN(C(=O)NC1CCCC1)C2. The van der Waals surface area contributed by atoms with Gasteiger partial charge < -0.3 is 20.0 Å². The number of amides is 3. The van der Waals surface area contributed by atoms with Gasteiger partial charge >= 0.3 is 6.03 Å². The van der Waals surface area contributed by atoms with Crippen LogP contribution in [-0.4, -0.2) is 77.5 Å². The molecule has 3 amide bonds. The molecule has 2 atom stereocenters. The molecule has 0 radical (unpaired) electrons. The molecule has 1 aromatic heterocycles. The standard InChI is InChI=1S/C20H30N6O2/c1-24(2)17(27)20-9-5-12-26(18-21-10-6-11-22-18)16(20)13-25(14-20)19(28)23-15-7-3-4-8-15/h6,10-11,15-16H,3-5,7-9,12-14H2,1-2H3,(H,23,28)/t16-,20-/m1/s1. The maximum atomic E-state index is 13.3. The minimum absolute atomic E-state index is 0.0406. The average molecular weight is 387 g/mol. The first-order valence-electron chi connectivity index (χ1n) is 10.3. The predicted molar refractivity (Wildman–Crippen MR) is 106 cm³/mol. The molecule has 3 heterocycles. The van der Waals surface area contributed by atoms with Crippen LogP contribution in [0.15, 0.2) is 18.5 Å². The van der Waals surface area contributed by atoms with Crippen LogP contribution in [0, 0.1) is 5.41 Å². The van der Waals surface area contributed by atoms with E-state index in [1.807, 2.05) is 4.90 Å². The molecule has 28 heavy (non-hydrogen) atoms. The molecule has 4 rings (SSSR count). The average Bonchev–Trinajstić information content (AvgIpc) is 3.35. The van der Waals surface area contributed by atoms with Crippen LogP contribution < -0.4 is 10.2 Å². The van der Waals surface area contributed by atoms with Crippen LogP contribution in [0.4, 0.5) is 10.7 Å². The van der Waals surface area contributed by atoms with Gasteiger partial charge in [0.1, 0.15) is 0 Å². The van der Waals surface area contributed by atoms with Gasteiger partial charge in [-0.3, -0.25) is 4.79 Å². The van der Waals surface area contributed by atoms with Gasteiger partial charge in [-0.25, -0.2) is 14.8 Å². The number of hydrogen-bond acceptors (Lipinski definition) is 5. The lowest BCUT2D eigenvalue weighted by Crippen LogP contribution is -2.58. The molecule has 3 aliphatic rings. The van der Waals surface area contributed by atoms with E-state index < -0.39 is 5.41 Å². The van der Waals surface area contributed by atoms with Crippen molar-refractivity contribution in [3.63, 3.8) is 0 Å². The lowest BCUT2D eigenvalue weighted by molar-refractivity contribution is -0.140. The third-order valence-corrected chi connectivity index (χ3v) is 6.51. The molecule has 1 aliphatic carbocycles. The monoisotopic (exact) mass is 386 g/mol. The largest absolute Gasteiger partial charge is 0.348 e. The summed E-state index contributed by atoms with van der Waals surface area (Å²) in [6.07, 6.45) is 9.57. The van der Waals surface area contributed by atoms with Crippen molar-refractivity contribution in [3.8, 4) is 0 Å². The fourth-order valence-corrected chi connectivity index (χ4v) is 5.19. The van der Waals surface area contributed by atoms with Crippen LogP contribution in [0.1, 0.15) is 38.5 Å². The maximum absolute atomic E-state index is 13.3. The Kier molecular flexibility index (Phi) is 5.12. The van der Waals surface area contributed by atoms with Gasteiger partial charge in [0.15, 0.2) is 0 Å². The molecule has 152 valence electrons. The van der Waals surface area contributed by atoms with Crippen molar-refractivity contribution >= 4 is 17.9 Å². The van der Waals surface area contributed by atoms with Crippen molar-refractivity contribution in [2.75, 3.05) is 38.6 Å². The summed E-state index contributed by atoms with van der Waals surface area (Å²) < 4.78 is 0. The topological polar surface area (TPSA) is 81.7 Å². The fraction of sp³-hybridized carbons (Fsp3) is 0.700. The van der Waals surface area contributed by atoms with E-state index in [1.54, 1.807) is 37.5 Å². The van der Waals surface area contributed by atoms with E-state index in [9.17, 15) is 9.59 Å². The van der Waals surface area contributed by atoms with Crippen molar-refractivity contribution in [1.29, 1.82) is 0 Å². The second-order valence-electron chi connectivity index (χ2n) is 8.53. The van der Waals surface area contributed by atoms with Crippen LogP contribution in [0.3, 0.4) is 0 Å². The van der Waals surface area contributed by atoms with Crippen molar-refractivity contribution in [1.82, 2.24) is 25.1 Å². The molecular formula is C20H30N6O2. The Bertz CT molecular complexity index is 721. The van der Waals surface area contributed by atoms with Crippen LogP contribution in [0.5, 0.6) is 0 Å². The number of carbonyl (C=O) groups is 2. The summed E-state index contributed by atoms with van der Waals surface area (Å²) in [4.78, 5) is 40.7. The second-order valence-corrected chi connectivity index (χ2v) is 8.53. The molecule has 2 saturated heterocycles. The van der Waals surface area contributed by atoms with Crippen LogP contribution in [0.2, 0.25) is 0 Å². The van der Waals surface area contributed by atoms with Crippen molar-refractivity contribution in [3.05, 3.63) is 18.5 Å². The number of aromatic nitrogens is 2. The van der Waals surface area contributed by atoms with Crippen LogP contribution >= 0.6 is 0 Å². The number of fused-ring (bicyclic) bond motifs is 1. The number of piperidine rings is 1. The highest BCUT2D eigenvalue weighted by atomic mass is 16.2. The van der Waals surface area contributed by atoms with E-state index in [1.165, 1.54) is 12.8 Å². The molecule has 2 aliphatic heterocycles. The van der Waals surface area contributed by atoms with E-state index >= 15 is 0 Å². The molecule has 3 fully saturated rings. The molecular weight excluding hydrogens is 356 g/mol. The predicted octanol–water partition coefficient (Wildman–Crippen LogP) is 1.49. The van der Waals surface area contributed by atoms with Crippen LogP contribution in [-0.2, 0) is 4.79 Å². The van der Waals surface area contributed by atoms with Crippen molar-refractivity contribution < 1.29 is 9.59 Å². The minimum atomic E-state index is -0.603. The smallest absolute Gasteiger partial charge is 0.317 e. The van der Waals surface area contributed by atoms with E-state index in [2.05, 4.69) is 20.2 Å². The summed E-state index contributed by atoms with van der Waals surface area (Å²) >= 11 is 0. The fourth-order valence-electron chi connectivity index (χ4n) is 5.19. The lowest BCUT2D eigenvalue weighted by atomic mass is 9.74. The van der Waals surface area contributed by atoms with Gasteiger partial charge in [-0.05, 0) is 31.7 Å². The van der Waals surface area contributed by atoms with Crippen molar-refractivity contribution in [2.24, 2.45) is 5.41 Å². The highest BCUT2D eigenvalue weighted by Gasteiger charge is 2.58. The first-order valence-corrected chi connectivity index (χ1v) is 10.3. The number of likely N-dealkylation sites (tertiary alicyclic amines) is 1. The number of carbonyl (C=O) groups excluding carboxylic acids is 2. The molecule has 8 nitrogen and oxygen atoms in total. The second kappa shape index (κ2) is 7.56. The van der Waals surface area contributed by atoms with Gasteiger partial charge in [0, 0.05) is 52.2 Å². The number of rotatable bonds is 3. The van der Waals surface area contributed by atoms with Gasteiger partial charge in [-0.2, -0.15) is 0 Å². The third kappa shape index (κ3) is 3.29. The summed E-state index contributed by atoms with van der Waals surface area (Å²) in [6.45, 7) is 1.78. The lowest BCUT2D eigenvalue weighted by Gasteiger charge is -2.45. The van der Waals surface area contributed by atoms with E-state index in [0.717, 1.165) is 32.2 Å². The van der Waals surface area contributed by atoms with E-state index in [-0.39, 0.29) is 24.0 Å². The number of anilines is 1. The molecule has 0 unspecified atom stereocenters. The number of nitrogens with zero attached hydrogens (tertiary/aromatic N) is 5. The Morgan fingerprint density at radius 3 is 2.57 bits per heavy atom. The summed E-state index contributed by atoms with van der Waals surface area (Å²) in [5.41, 5.74) is -0.603. The molecule has 1 N–H and O–H groups in total. The molecule has 0 spiro atoms. The van der Waals surface area contributed by atoms with E-state index in [4.69, 9.17) is 0 Å². The normalized spacial score (nSPS) is 27.6. The van der Waals surface area contributed by atoms with Crippen LogP contribution in [0.25, 0.3) is 0 Å². The Morgan fingerprint density at radius 2 is 1.89 bits per heavy atom. The third-order valence-electron chi connectivity index (χ3n) is 6.51. The number of urea groups is 1. The maximum Gasteiger partial charge on any atom is 0.317 e. The Balaban J connectivity index is 1.61. The van der Waals surface area contributed by atoms with Gasteiger partial charge in [0.2, 0.25) is 11.9 Å². The van der Waals surface area contributed by atoms with Gasteiger partial charge in [0.05, 0.1) is 11.5 Å². The summed E-state index contributed by atoms with van der Waals surface area (Å²) in [5.74, 6) is 0.732. The Morgan fingerprint density at radius 1 is 1.18 bits per heavy atom. The first kappa shape index (κ1) is 19.0. The summed E-state index contributed by atoms with van der Waals surface area (Å²) in [6, 6.07) is 1.92. The molecule has 0 bridgehead atoms. The minimum Gasteiger partial charge on any atom is -0.348 e.